The first-order valence-electron chi connectivity index (χ1n) is 9.46. The van der Waals surface area contributed by atoms with Crippen LogP contribution in [0.5, 0.6) is 5.75 Å². The van der Waals surface area contributed by atoms with Crippen LogP contribution in [0.4, 0.5) is 0 Å². The van der Waals surface area contributed by atoms with Gasteiger partial charge in [-0.2, -0.15) is 0 Å². The van der Waals surface area contributed by atoms with Gasteiger partial charge in [-0.3, -0.25) is 4.79 Å². The van der Waals surface area contributed by atoms with Crippen LogP contribution in [0.15, 0.2) is 12.1 Å². The molecule has 0 heterocycles. The Balaban J connectivity index is 1.97. The van der Waals surface area contributed by atoms with Gasteiger partial charge in [-0.05, 0) is 49.5 Å². The highest BCUT2D eigenvalue weighted by molar-refractivity contribution is 6.44. The van der Waals surface area contributed by atoms with Gasteiger partial charge in [-0.25, -0.2) is 4.79 Å². The predicted octanol–water partition coefficient (Wildman–Crippen LogP) is 5.41. The largest absolute Gasteiger partial charge is 0.480 e. The first-order valence-corrected chi connectivity index (χ1v) is 10.2. The summed E-state index contributed by atoms with van der Waals surface area (Å²) in [6.07, 6.45) is 7.18. The van der Waals surface area contributed by atoms with Crippen molar-refractivity contribution in [1.29, 1.82) is 0 Å². The molecule has 0 aliphatic heterocycles. The molecule has 0 amide bonds. The van der Waals surface area contributed by atoms with Gasteiger partial charge in [0.2, 0.25) is 0 Å². The van der Waals surface area contributed by atoms with Gasteiger partial charge >= 0.3 is 5.97 Å². The van der Waals surface area contributed by atoms with Gasteiger partial charge < -0.3 is 9.47 Å². The minimum Gasteiger partial charge on any atom is -0.480 e. The van der Waals surface area contributed by atoms with Crippen LogP contribution < -0.4 is 4.74 Å². The number of ketones is 1. The molecule has 4 nitrogen and oxygen atoms in total. The van der Waals surface area contributed by atoms with E-state index in [0.717, 1.165) is 48.8 Å². The smallest absolute Gasteiger partial charge is 0.344 e. The van der Waals surface area contributed by atoms with Crippen molar-refractivity contribution < 1.29 is 19.1 Å². The zero-order valence-electron chi connectivity index (χ0n) is 15.7. The van der Waals surface area contributed by atoms with Crippen LogP contribution in [-0.2, 0) is 20.7 Å². The molecule has 1 aromatic carbocycles. The molecular weight excluding hydrogens is 387 g/mol. The summed E-state index contributed by atoms with van der Waals surface area (Å²) in [4.78, 5) is 23.7. The van der Waals surface area contributed by atoms with Crippen molar-refractivity contribution in [1.82, 2.24) is 0 Å². The molecule has 0 spiro atoms. The normalized spacial score (nSPS) is 20.7. The first-order chi connectivity index (χ1) is 12.9. The first kappa shape index (κ1) is 20.2. The minimum absolute atomic E-state index is 0.0566. The number of rotatable bonds is 7. The fourth-order valence-corrected chi connectivity index (χ4v) is 4.68. The lowest BCUT2D eigenvalue weighted by Gasteiger charge is -2.34. The van der Waals surface area contributed by atoms with Crippen molar-refractivity contribution in [3.8, 4) is 5.75 Å². The van der Waals surface area contributed by atoms with Crippen LogP contribution >= 0.6 is 23.2 Å². The molecule has 27 heavy (non-hydrogen) atoms. The second kappa shape index (κ2) is 8.24. The molecule has 1 unspecified atom stereocenters. The minimum atomic E-state index is -0.452. The van der Waals surface area contributed by atoms with E-state index in [1.807, 2.05) is 6.07 Å². The Labute approximate surface area is 169 Å². The van der Waals surface area contributed by atoms with Gasteiger partial charge in [0.05, 0.1) is 11.6 Å². The van der Waals surface area contributed by atoms with Crippen molar-refractivity contribution >= 4 is 40.5 Å². The van der Waals surface area contributed by atoms with Crippen LogP contribution in [0.2, 0.25) is 10.0 Å². The van der Waals surface area contributed by atoms with Gasteiger partial charge in [-0.1, -0.05) is 43.0 Å². The standard InChI is InChI=1S/C21H24Cl2O4/c1-3-5-7-21-8-6-14(24)10-15(21)18-13(11-21)9-16(19(22)20(18)23)27-12-17(25)26-4-2/h9-10H,3-8,11-12H2,1-2H3. The number of ether oxygens (including phenoxy) is 2. The molecule has 0 radical (unpaired) electrons. The fraction of sp³-hybridized carbons (Fsp3) is 0.524. The number of benzene rings is 1. The Kier molecular flexibility index (Phi) is 6.17. The molecule has 0 saturated heterocycles. The van der Waals surface area contributed by atoms with Crippen LogP contribution in [0.25, 0.3) is 5.57 Å². The monoisotopic (exact) mass is 410 g/mol. The zero-order valence-corrected chi connectivity index (χ0v) is 17.2. The number of esters is 1. The summed E-state index contributed by atoms with van der Waals surface area (Å²) in [5.74, 6) is 0.0658. The van der Waals surface area contributed by atoms with Crippen molar-refractivity contribution in [2.45, 2.75) is 52.4 Å². The summed E-state index contributed by atoms with van der Waals surface area (Å²) in [6, 6.07) is 1.86. The highest BCUT2D eigenvalue weighted by Crippen LogP contribution is 2.58. The number of hydrogen-bond acceptors (Lipinski definition) is 4. The molecule has 0 bridgehead atoms. The summed E-state index contributed by atoms with van der Waals surface area (Å²) in [7, 11) is 0. The van der Waals surface area contributed by atoms with Crippen LogP contribution in [0, 0.1) is 5.41 Å². The molecule has 1 atom stereocenters. The van der Waals surface area contributed by atoms with E-state index in [4.69, 9.17) is 32.7 Å². The van der Waals surface area contributed by atoms with Crippen LogP contribution in [-0.4, -0.2) is 25.0 Å². The van der Waals surface area contributed by atoms with E-state index in [9.17, 15) is 9.59 Å². The van der Waals surface area contributed by atoms with E-state index in [-0.39, 0.29) is 22.8 Å². The molecule has 3 rings (SSSR count). The van der Waals surface area contributed by atoms with Crippen molar-refractivity contribution in [3.63, 3.8) is 0 Å². The highest BCUT2D eigenvalue weighted by atomic mass is 35.5. The molecule has 6 heteroatoms. The van der Waals surface area contributed by atoms with E-state index in [2.05, 4.69) is 6.92 Å². The van der Waals surface area contributed by atoms with Gasteiger partial charge in [0.1, 0.15) is 10.8 Å². The molecule has 2 aliphatic carbocycles. The molecule has 0 fully saturated rings. The Bertz CT molecular complexity index is 800. The van der Waals surface area contributed by atoms with Gasteiger partial charge in [-0.15, -0.1) is 0 Å². The Morgan fingerprint density at radius 2 is 2.04 bits per heavy atom. The molecule has 146 valence electrons. The van der Waals surface area contributed by atoms with E-state index in [1.165, 1.54) is 0 Å². The summed E-state index contributed by atoms with van der Waals surface area (Å²) in [5.41, 5.74) is 2.86. The molecule has 0 N–H and O–H groups in total. The number of allylic oxidation sites excluding steroid dienone is 2. The predicted molar refractivity (Wildman–Crippen MR) is 106 cm³/mol. The molecule has 0 aromatic heterocycles. The number of halogens is 2. The molecule has 0 saturated carbocycles. The SMILES string of the molecule is CCCCC12CCC(=O)C=C1c1c(cc(OCC(=O)OCC)c(Cl)c1Cl)C2. The molecule has 1 aromatic rings. The Hall–Kier alpha value is -1.52. The van der Waals surface area contributed by atoms with Crippen molar-refractivity contribution in [2.75, 3.05) is 13.2 Å². The molecular formula is C21H24Cl2O4. The maximum atomic E-state index is 12.1. The highest BCUT2D eigenvalue weighted by Gasteiger charge is 2.45. The average molecular weight is 411 g/mol. The third kappa shape index (κ3) is 3.88. The van der Waals surface area contributed by atoms with E-state index in [1.54, 1.807) is 13.0 Å². The number of hydrogen-bond donors (Lipinski definition) is 0. The summed E-state index contributed by atoms with van der Waals surface area (Å²) in [6.45, 7) is 3.98. The summed E-state index contributed by atoms with van der Waals surface area (Å²) in [5, 5.41) is 0.664. The van der Waals surface area contributed by atoms with E-state index in [0.29, 0.717) is 23.8 Å². The van der Waals surface area contributed by atoms with Crippen LogP contribution in [0.1, 0.15) is 57.1 Å². The van der Waals surface area contributed by atoms with Gasteiger partial charge in [0.15, 0.2) is 12.4 Å². The Morgan fingerprint density at radius 1 is 1.26 bits per heavy atom. The van der Waals surface area contributed by atoms with Crippen molar-refractivity contribution in [2.24, 2.45) is 5.41 Å². The third-order valence-electron chi connectivity index (χ3n) is 5.44. The topological polar surface area (TPSA) is 52.6 Å². The lowest BCUT2D eigenvalue weighted by atomic mass is 9.69. The average Bonchev–Trinajstić information content (AvgIpc) is 2.96. The molecule has 2 aliphatic rings. The van der Waals surface area contributed by atoms with E-state index < -0.39 is 5.97 Å². The van der Waals surface area contributed by atoms with E-state index >= 15 is 0 Å². The summed E-state index contributed by atoms with van der Waals surface area (Å²) >= 11 is 13.0. The van der Waals surface area contributed by atoms with Crippen LogP contribution in [0.3, 0.4) is 0 Å². The van der Waals surface area contributed by atoms with Crippen molar-refractivity contribution in [3.05, 3.63) is 33.3 Å². The number of carbonyl (C=O) groups excluding carboxylic acids is 2. The maximum absolute atomic E-state index is 12.1. The second-order valence-electron chi connectivity index (χ2n) is 7.22. The summed E-state index contributed by atoms with van der Waals surface area (Å²) < 4.78 is 10.5. The van der Waals surface area contributed by atoms with Gasteiger partial charge in [0, 0.05) is 17.4 Å². The quantitative estimate of drug-likeness (QED) is 0.563. The zero-order chi connectivity index (χ0) is 19.6. The number of fused-ring (bicyclic) bond motifs is 3. The van der Waals surface area contributed by atoms with Gasteiger partial charge in [0.25, 0.3) is 0 Å². The lowest BCUT2D eigenvalue weighted by molar-refractivity contribution is -0.145. The number of unbranched alkanes of at least 4 members (excludes halogenated alkanes) is 1. The number of carbonyl (C=O) groups is 2. The fourth-order valence-electron chi connectivity index (χ4n) is 4.16. The lowest BCUT2D eigenvalue weighted by Crippen LogP contribution is -2.25. The maximum Gasteiger partial charge on any atom is 0.344 e. The Morgan fingerprint density at radius 3 is 2.74 bits per heavy atom. The third-order valence-corrected chi connectivity index (χ3v) is 6.29. The second-order valence-corrected chi connectivity index (χ2v) is 7.97.